The molecule has 0 rings (SSSR count). The van der Waals surface area contributed by atoms with Crippen LogP contribution in [0.25, 0.3) is 0 Å². The van der Waals surface area contributed by atoms with Crippen LogP contribution in [0.1, 0.15) is 86.9 Å². The average molecular weight is 415 g/mol. The standard InChI is InChI=1S/C20H38O5S.Na.H/c1-5-9-11-16(7-3)18(14-21)13-20(26(23,24)25)19(15-22)17(8-4)12-10-6-2;;/h14-20H,5-13H2,1-4H3,(H,23,24,25);;/q;+1;-1. The van der Waals surface area contributed by atoms with E-state index in [1.54, 1.807) is 0 Å². The SMILES string of the molecule is CCCCC(CC)C(C=O)CC(C(C=O)C(CC)CCCC)S(=O)(=O)O.[H-].[Na+]. The maximum absolute atomic E-state index is 12.1. The predicted octanol–water partition coefficient (Wildman–Crippen LogP) is 1.81. The van der Waals surface area contributed by atoms with Crippen LogP contribution in [-0.2, 0) is 19.7 Å². The Kier molecular flexibility index (Phi) is 17.6. The van der Waals surface area contributed by atoms with E-state index >= 15 is 0 Å². The fourth-order valence-electron chi connectivity index (χ4n) is 3.93. The monoisotopic (exact) mass is 414 g/mol. The zero-order valence-electron chi connectivity index (χ0n) is 18.9. The van der Waals surface area contributed by atoms with E-state index in [-0.39, 0.29) is 49.2 Å². The Balaban J connectivity index is -0.00000312. The minimum Gasteiger partial charge on any atom is -1.00 e. The molecule has 1 N–H and O–H groups in total. The Morgan fingerprint density at radius 3 is 1.70 bits per heavy atom. The molecule has 7 heteroatoms. The summed E-state index contributed by atoms with van der Waals surface area (Å²) in [4.78, 5) is 23.5. The van der Waals surface area contributed by atoms with Crippen molar-refractivity contribution in [1.29, 1.82) is 0 Å². The van der Waals surface area contributed by atoms with Crippen LogP contribution in [-0.4, -0.2) is 30.8 Å². The summed E-state index contributed by atoms with van der Waals surface area (Å²) in [5.41, 5.74) is 0. The second-order valence-corrected chi connectivity index (χ2v) is 9.06. The van der Waals surface area contributed by atoms with Crippen LogP contribution in [0.3, 0.4) is 0 Å². The molecular weight excluding hydrogens is 375 g/mol. The molecule has 0 fully saturated rings. The molecular formula is C20H39NaO5S. The quantitative estimate of drug-likeness (QED) is 0.236. The van der Waals surface area contributed by atoms with Crippen LogP contribution in [0.4, 0.5) is 0 Å². The van der Waals surface area contributed by atoms with Crippen molar-refractivity contribution in [3.05, 3.63) is 0 Å². The second-order valence-electron chi connectivity index (χ2n) is 7.42. The molecule has 0 spiro atoms. The zero-order valence-corrected chi connectivity index (χ0v) is 20.7. The summed E-state index contributed by atoms with van der Waals surface area (Å²) < 4.78 is 34.0. The molecule has 156 valence electrons. The summed E-state index contributed by atoms with van der Waals surface area (Å²) in [7, 11) is -4.41. The minimum absolute atomic E-state index is 0. The van der Waals surface area contributed by atoms with Gasteiger partial charge in [0.05, 0.1) is 5.25 Å². The molecule has 0 amide bonds. The van der Waals surface area contributed by atoms with E-state index in [4.69, 9.17) is 0 Å². The van der Waals surface area contributed by atoms with Crippen molar-refractivity contribution < 1.29 is 53.5 Å². The normalized spacial score (nSPS) is 17.2. The molecule has 0 aromatic carbocycles. The molecule has 5 nitrogen and oxygen atoms in total. The summed E-state index contributed by atoms with van der Waals surface area (Å²) >= 11 is 0. The van der Waals surface area contributed by atoms with E-state index < -0.39 is 27.2 Å². The molecule has 5 atom stereocenters. The van der Waals surface area contributed by atoms with Gasteiger partial charge in [-0.3, -0.25) is 4.55 Å². The zero-order chi connectivity index (χ0) is 20.2. The predicted molar refractivity (Wildman–Crippen MR) is 107 cm³/mol. The van der Waals surface area contributed by atoms with Gasteiger partial charge in [-0.05, 0) is 31.1 Å². The van der Waals surface area contributed by atoms with E-state index in [2.05, 4.69) is 6.92 Å². The van der Waals surface area contributed by atoms with Crippen LogP contribution in [0.15, 0.2) is 0 Å². The molecule has 0 saturated heterocycles. The van der Waals surface area contributed by atoms with Gasteiger partial charge in [-0.2, -0.15) is 8.42 Å². The van der Waals surface area contributed by atoms with Crippen molar-refractivity contribution in [2.24, 2.45) is 23.7 Å². The molecule has 0 bridgehead atoms. The molecule has 0 aliphatic heterocycles. The second kappa shape index (κ2) is 16.1. The van der Waals surface area contributed by atoms with E-state index in [1.807, 2.05) is 20.8 Å². The Labute approximate surface area is 190 Å². The molecule has 0 aliphatic carbocycles. The molecule has 27 heavy (non-hydrogen) atoms. The summed E-state index contributed by atoms with van der Waals surface area (Å²) in [6.45, 7) is 8.05. The molecule has 0 aliphatic rings. The molecule has 0 heterocycles. The first kappa shape index (κ1) is 29.5. The van der Waals surface area contributed by atoms with Gasteiger partial charge in [0.15, 0.2) is 0 Å². The van der Waals surface area contributed by atoms with Crippen molar-refractivity contribution in [3.8, 4) is 0 Å². The van der Waals surface area contributed by atoms with Gasteiger partial charge in [0, 0.05) is 11.8 Å². The Bertz CT molecular complexity index is 501. The third-order valence-corrected chi connectivity index (χ3v) is 6.98. The van der Waals surface area contributed by atoms with Crippen LogP contribution < -0.4 is 29.6 Å². The van der Waals surface area contributed by atoms with Crippen molar-refractivity contribution >= 4 is 22.7 Å². The van der Waals surface area contributed by atoms with Crippen molar-refractivity contribution in [2.75, 3.05) is 0 Å². The maximum Gasteiger partial charge on any atom is 1.00 e. The third-order valence-electron chi connectivity index (χ3n) is 5.70. The van der Waals surface area contributed by atoms with Crippen molar-refractivity contribution in [3.63, 3.8) is 0 Å². The topological polar surface area (TPSA) is 88.5 Å². The largest absolute Gasteiger partial charge is 1.00 e. The Morgan fingerprint density at radius 2 is 1.37 bits per heavy atom. The first-order valence-corrected chi connectivity index (χ1v) is 11.7. The Morgan fingerprint density at radius 1 is 0.889 bits per heavy atom. The van der Waals surface area contributed by atoms with E-state index in [0.29, 0.717) is 12.7 Å². The number of unbranched alkanes of at least 4 members (excludes halogenated alkanes) is 2. The number of hydrogen-bond donors (Lipinski definition) is 1. The van der Waals surface area contributed by atoms with Crippen molar-refractivity contribution in [2.45, 2.75) is 90.7 Å². The van der Waals surface area contributed by atoms with Gasteiger partial charge in [0.2, 0.25) is 0 Å². The number of carbonyl (C=O) groups excluding carboxylic acids is 2. The molecule has 0 saturated carbocycles. The number of carbonyl (C=O) groups is 2. The van der Waals surface area contributed by atoms with E-state index in [0.717, 1.165) is 51.2 Å². The summed E-state index contributed by atoms with van der Waals surface area (Å²) in [6.07, 6.45) is 8.44. The maximum atomic E-state index is 12.1. The number of aldehydes is 2. The third kappa shape index (κ3) is 10.6. The van der Waals surface area contributed by atoms with Crippen molar-refractivity contribution in [1.82, 2.24) is 0 Å². The van der Waals surface area contributed by atoms with Crippen LogP contribution in [0.5, 0.6) is 0 Å². The summed E-state index contributed by atoms with van der Waals surface area (Å²) in [5.74, 6) is -1.24. The van der Waals surface area contributed by atoms with Gasteiger partial charge in [-0.1, -0.05) is 66.2 Å². The molecule has 0 radical (unpaired) electrons. The fourth-order valence-corrected chi connectivity index (χ4v) is 5.08. The molecule has 0 aromatic heterocycles. The molecule has 5 unspecified atom stereocenters. The number of hydrogen-bond acceptors (Lipinski definition) is 4. The summed E-state index contributed by atoms with van der Waals surface area (Å²) in [5, 5.41) is -1.20. The van der Waals surface area contributed by atoms with Crippen LogP contribution >= 0.6 is 0 Å². The van der Waals surface area contributed by atoms with E-state index in [9.17, 15) is 22.6 Å². The van der Waals surface area contributed by atoms with Gasteiger partial charge in [-0.15, -0.1) is 0 Å². The minimum atomic E-state index is -4.41. The van der Waals surface area contributed by atoms with Crippen LogP contribution in [0.2, 0.25) is 0 Å². The molecule has 0 aromatic rings. The first-order valence-electron chi connectivity index (χ1n) is 10.2. The van der Waals surface area contributed by atoms with Gasteiger partial charge in [0.25, 0.3) is 10.1 Å². The van der Waals surface area contributed by atoms with Gasteiger partial charge >= 0.3 is 29.6 Å². The van der Waals surface area contributed by atoms with Gasteiger partial charge in [-0.25, -0.2) is 0 Å². The smallest absolute Gasteiger partial charge is 1.00 e. The summed E-state index contributed by atoms with van der Waals surface area (Å²) in [6, 6.07) is 0. The Hall–Kier alpha value is 0.250. The first-order chi connectivity index (χ1) is 12.3. The van der Waals surface area contributed by atoms with Gasteiger partial charge < -0.3 is 11.0 Å². The fraction of sp³-hybridized carbons (Fsp3) is 0.900. The number of rotatable bonds is 16. The average Bonchev–Trinajstić information content (AvgIpc) is 2.61. The van der Waals surface area contributed by atoms with Gasteiger partial charge in [0.1, 0.15) is 12.6 Å². The van der Waals surface area contributed by atoms with E-state index in [1.165, 1.54) is 0 Å². The van der Waals surface area contributed by atoms with Crippen LogP contribution in [0, 0.1) is 23.7 Å².